The number of nitrogens with two attached hydrogens (primary N) is 1. The van der Waals surface area contributed by atoms with E-state index in [4.69, 9.17) is 11.1 Å². The van der Waals surface area contributed by atoms with Crippen molar-refractivity contribution < 1.29 is 9.59 Å². The second kappa shape index (κ2) is 10.2. The lowest BCUT2D eigenvalue weighted by atomic mass is 10.1. The summed E-state index contributed by atoms with van der Waals surface area (Å²) in [6, 6.07) is 6.87. The van der Waals surface area contributed by atoms with Crippen LogP contribution in [0.2, 0.25) is 0 Å². The van der Waals surface area contributed by atoms with Crippen molar-refractivity contribution in [2.45, 2.75) is 52.1 Å². The third kappa shape index (κ3) is 6.02. The highest BCUT2D eigenvalue weighted by Gasteiger charge is 2.33. The quantitative estimate of drug-likeness (QED) is 0.500. The van der Waals surface area contributed by atoms with Crippen molar-refractivity contribution in [2.75, 3.05) is 6.54 Å². The van der Waals surface area contributed by atoms with E-state index < -0.39 is 0 Å². The monoisotopic (exact) mass is 380 g/mol. The molecule has 2 amide bonds. The zero-order valence-corrected chi connectivity index (χ0v) is 16.3. The number of hydrogen-bond acceptors (Lipinski definition) is 3. The number of halogens is 1. The highest BCUT2D eigenvalue weighted by molar-refractivity contribution is 5.94. The third-order valence-corrected chi connectivity index (χ3v) is 4.54. The van der Waals surface area contributed by atoms with E-state index in [2.05, 4.69) is 19.2 Å². The van der Waals surface area contributed by atoms with Gasteiger partial charge in [-0.05, 0) is 30.7 Å². The molecule has 7 heteroatoms. The topological polar surface area (TPSA) is 99.3 Å². The van der Waals surface area contributed by atoms with Gasteiger partial charge in [0.2, 0.25) is 11.8 Å². The molecule has 4 N–H and O–H groups in total. The van der Waals surface area contributed by atoms with Gasteiger partial charge in [-0.25, -0.2) is 0 Å². The SMILES string of the molecule is CC(C)CCC(=O)N1CCC[C@H]1C(=O)NCc1ccc(C(=N)N)cc1.Cl. The van der Waals surface area contributed by atoms with E-state index in [-0.39, 0.29) is 36.1 Å². The van der Waals surface area contributed by atoms with Gasteiger partial charge in [0, 0.05) is 25.1 Å². The van der Waals surface area contributed by atoms with Gasteiger partial charge in [-0.3, -0.25) is 15.0 Å². The maximum Gasteiger partial charge on any atom is 0.243 e. The van der Waals surface area contributed by atoms with Gasteiger partial charge < -0.3 is 16.0 Å². The maximum absolute atomic E-state index is 12.5. The maximum atomic E-state index is 12.5. The third-order valence-electron chi connectivity index (χ3n) is 4.54. The molecular weight excluding hydrogens is 352 g/mol. The molecular formula is C19H29ClN4O2. The zero-order valence-electron chi connectivity index (χ0n) is 15.5. The molecule has 0 radical (unpaired) electrons. The Balaban J connectivity index is 0.00000338. The van der Waals surface area contributed by atoms with Crippen molar-refractivity contribution in [1.29, 1.82) is 5.41 Å². The van der Waals surface area contributed by atoms with Gasteiger partial charge in [-0.2, -0.15) is 0 Å². The second-order valence-electron chi connectivity index (χ2n) is 7.01. The van der Waals surface area contributed by atoms with Gasteiger partial charge in [-0.1, -0.05) is 38.1 Å². The summed E-state index contributed by atoms with van der Waals surface area (Å²) in [6.45, 7) is 5.27. The minimum atomic E-state index is -0.351. The molecule has 26 heavy (non-hydrogen) atoms. The molecule has 1 saturated heterocycles. The molecule has 6 nitrogen and oxygen atoms in total. The number of likely N-dealkylation sites (tertiary alicyclic amines) is 1. The first kappa shape index (κ1) is 22.0. The fraction of sp³-hybridized carbons (Fsp3) is 0.526. The molecule has 2 rings (SSSR count). The highest BCUT2D eigenvalue weighted by atomic mass is 35.5. The smallest absolute Gasteiger partial charge is 0.243 e. The molecule has 1 fully saturated rings. The number of nitrogen functional groups attached to an aromatic ring is 1. The Kier molecular flexibility index (Phi) is 8.58. The predicted molar refractivity (Wildman–Crippen MR) is 105 cm³/mol. The van der Waals surface area contributed by atoms with Crippen LogP contribution in [0.5, 0.6) is 0 Å². The number of carbonyl (C=O) groups is 2. The molecule has 1 aromatic rings. The fourth-order valence-electron chi connectivity index (χ4n) is 3.00. The largest absolute Gasteiger partial charge is 0.384 e. The number of carbonyl (C=O) groups excluding carboxylic acids is 2. The van der Waals surface area contributed by atoms with E-state index in [0.29, 0.717) is 31.0 Å². The number of nitrogens with one attached hydrogen (secondary N) is 2. The fourth-order valence-corrected chi connectivity index (χ4v) is 3.00. The number of rotatable bonds is 7. The molecule has 0 spiro atoms. The Bertz CT molecular complexity index is 631. The van der Waals surface area contributed by atoms with Crippen molar-refractivity contribution in [3.8, 4) is 0 Å². The Labute approximate surface area is 161 Å². The summed E-state index contributed by atoms with van der Waals surface area (Å²) in [5, 5.41) is 10.3. The Hall–Kier alpha value is -2.08. The molecule has 0 aliphatic carbocycles. The van der Waals surface area contributed by atoms with Gasteiger partial charge in [0.1, 0.15) is 11.9 Å². The summed E-state index contributed by atoms with van der Waals surface area (Å²) in [4.78, 5) is 26.6. The van der Waals surface area contributed by atoms with Crippen molar-refractivity contribution >= 4 is 30.1 Å². The second-order valence-corrected chi connectivity index (χ2v) is 7.01. The van der Waals surface area contributed by atoms with Crippen molar-refractivity contribution in [3.05, 3.63) is 35.4 Å². The Morgan fingerprint density at radius 1 is 1.31 bits per heavy atom. The van der Waals surface area contributed by atoms with Crippen LogP contribution < -0.4 is 11.1 Å². The van der Waals surface area contributed by atoms with E-state index in [1.54, 1.807) is 17.0 Å². The lowest BCUT2D eigenvalue weighted by molar-refractivity contribution is -0.138. The van der Waals surface area contributed by atoms with Crippen LogP contribution >= 0.6 is 12.4 Å². The lowest BCUT2D eigenvalue weighted by Gasteiger charge is -2.24. The van der Waals surface area contributed by atoms with E-state index >= 15 is 0 Å². The van der Waals surface area contributed by atoms with Crippen LogP contribution in [-0.2, 0) is 16.1 Å². The van der Waals surface area contributed by atoms with E-state index in [1.807, 2.05) is 12.1 Å². The number of hydrogen-bond donors (Lipinski definition) is 3. The molecule has 0 bridgehead atoms. The number of benzene rings is 1. The van der Waals surface area contributed by atoms with Crippen LogP contribution in [0, 0.1) is 11.3 Å². The Morgan fingerprint density at radius 3 is 2.54 bits per heavy atom. The van der Waals surface area contributed by atoms with Gasteiger partial charge in [0.05, 0.1) is 0 Å². The molecule has 1 aromatic carbocycles. The summed E-state index contributed by atoms with van der Waals surface area (Å²) in [7, 11) is 0. The average Bonchev–Trinajstić information content (AvgIpc) is 3.07. The van der Waals surface area contributed by atoms with Gasteiger partial charge in [0.15, 0.2) is 0 Å². The standard InChI is InChI=1S/C19H28N4O2.ClH/c1-13(2)5-10-17(24)23-11-3-4-16(23)19(25)22-12-14-6-8-15(9-7-14)18(20)21;/h6-9,13,16H,3-5,10-12H2,1-2H3,(H3,20,21)(H,22,25);1H/t16-;/m0./s1. The van der Waals surface area contributed by atoms with Crippen molar-refractivity contribution in [1.82, 2.24) is 10.2 Å². The minimum Gasteiger partial charge on any atom is -0.384 e. The van der Waals surface area contributed by atoms with Crippen LogP contribution in [-0.4, -0.2) is 35.1 Å². The average molecular weight is 381 g/mol. The minimum absolute atomic E-state index is 0. The molecule has 1 heterocycles. The molecule has 144 valence electrons. The highest BCUT2D eigenvalue weighted by Crippen LogP contribution is 2.20. The van der Waals surface area contributed by atoms with Crippen LogP contribution in [0.4, 0.5) is 0 Å². The van der Waals surface area contributed by atoms with E-state index in [9.17, 15) is 9.59 Å². The summed E-state index contributed by atoms with van der Waals surface area (Å²) >= 11 is 0. The number of amidine groups is 1. The Morgan fingerprint density at radius 2 is 1.96 bits per heavy atom. The van der Waals surface area contributed by atoms with Gasteiger partial charge in [-0.15, -0.1) is 12.4 Å². The molecule has 0 unspecified atom stereocenters. The molecule has 1 aliphatic rings. The number of nitrogens with zero attached hydrogens (tertiary/aromatic N) is 1. The van der Waals surface area contributed by atoms with E-state index in [0.717, 1.165) is 24.8 Å². The normalized spacial score (nSPS) is 16.3. The van der Waals surface area contributed by atoms with Crippen molar-refractivity contribution in [2.24, 2.45) is 11.7 Å². The summed E-state index contributed by atoms with van der Waals surface area (Å²) in [6.07, 6.45) is 2.96. The van der Waals surface area contributed by atoms with Crippen molar-refractivity contribution in [3.63, 3.8) is 0 Å². The van der Waals surface area contributed by atoms with Gasteiger partial charge in [0.25, 0.3) is 0 Å². The van der Waals surface area contributed by atoms with Crippen LogP contribution in [0.3, 0.4) is 0 Å². The molecule has 0 saturated carbocycles. The zero-order chi connectivity index (χ0) is 18.4. The van der Waals surface area contributed by atoms with Gasteiger partial charge >= 0.3 is 0 Å². The molecule has 1 aliphatic heterocycles. The molecule has 1 atom stereocenters. The summed E-state index contributed by atoms with van der Waals surface area (Å²) < 4.78 is 0. The lowest BCUT2D eigenvalue weighted by Crippen LogP contribution is -2.45. The molecule has 0 aromatic heterocycles. The van der Waals surface area contributed by atoms with Crippen LogP contribution in [0.15, 0.2) is 24.3 Å². The first-order valence-corrected chi connectivity index (χ1v) is 8.89. The summed E-state index contributed by atoms with van der Waals surface area (Å²) in [5.41, 5.74) is 7.03. The first-order valence-electron chi connectivity index (χ1n) is 8.89. The van der Waals surface area contributed by atoms with Crippen LogP contribution in [0.1, 0.15) is 50.7 Å². The predicted octanol–water partition coefficient (Wildman–Crippen LogP) is 2.44. The van der Waals surface area contributed by atoms with Crippen LogP contribution in [0.25, 0.3) is 0 Å². The first-order chi connectivity index (χ1) is 11.9. The van der Waals surface area contributed by atoms with E-state index in [1.165, 1.54) is 0 Å². The number of amides is 2. The summed E-state index contributed by atoms with van der Waals surface area (Å²) in [5.74, 6) is 0.497.